The SMILES string of the molecule is CCCCCCCn1c2ccc(C#Cc3ccc4c(c3)c3ccccc3n4-c3c(F)c(F)cc(F)c3F)cc2c2cc(C#Cc3ccc4c(c3)c3cc(C#Cc5ccc6c(c5)c5cc(C#Cc7ccc8c(c7)c7ccccc7n8-c7c(F)c(F)cc(F)c7F)ccc5n6CCCCCCC)ccc3n4-c3c(F)c(F)cc(F)c3F)ccc21. The van der Waals surface area contributed by atoms with Crippen LogP contribution in [-0.2, 0) is 13.1 Å². The number of aryl methyl sites for hydroxylation is 2. The van der Waals surface area contributed by atoms with E-state index in [1.54, 1.807) is 121 Å². The van der Waals surface area contributed by atoms with Crippen LogP contribution in [0.4, 0.5) is 52.7 Å². The van der Waals surface area contributed by atoms with E-state index in [0.29, 0.717) is 98.9 Å². The molecule has 0 N–H and O–H groups in total. The van der Waals surface area contributed by atoms with Gasteiger partial charge in [0.15, 0.2) is 69.8 Å². The fourth-order valence-corrected chi connectivity index (χ4v) is 16.6. The third kappa shape index (κ3) is 13.3. The number of nitrogens with zero attached hydrogens (tertiary/aromatic N) is 5. The van der Waals surface area contributed by atoms with Crippen molar-refractivity contribution in [3.05, 3.63) is 327 Å². The van der Waals surface area contributed by atoms with Crippen LogP contribution in [0.25, 0.3) is 126 Å². The molecular weight excluding hydrogens is 1500 g/mol. The van der Waals surface area contributed by atoms with Crippen molar-refractivity contribution in [1.29, 1.82) is 0 Å². The molecule has 0 saturated carbocycles. The second-order valence-electron chi connectivity index (χ2n) is 29.5. The van der Waals surface area contributed by atoms with Gasteiger partial charge < -0.3 is 22.8 Å². The van der Waals surface area contributed by atoms with Gasteiger partial charge in [0.25, 0.3) is 0 Å². The number of para-hydroxylation sites is 2. The molecule has 0 unspecified atom stereocenters. The number of rotatable bonds is 15. The summed E-state index contributed by atoms with van der Waals surface area (Å²) in [6, 6.07) is 58.7. The Bertz CT molecular complexity index is 7020. The minimum Gasteiger partial charge on any atom is -0.340 e. The van der Waals surface area contributed by atoms with E-state index < -0.39 is 86.9 Å². The van der Waals surface area contributed by atoms with E-state index in [9.17, 15) is 17.6 Å². The Morgan fingerprint density at radius 2 is 0.402 bits per heavy atom. The molecule has 574 valence electrons. The van der Waals surface area contributed by atoms with E-state index in [1.165, 1.54) is 13.7 Å². The van der Waals surface area contributed by atoms with Crippen LogP contribution in [0.3, 0.4) is 0 Å². The van der Waals surface area contributed by atoms with E-state index in [-0.39, 0.29) is 29.2 Å². The third-order valence-corrected chi connectivity index (χ3v) is 22.2. The fraction of sp³-hybridized carbons (Fsp3) is 0.140. The van der Waals surface area contributed by atoms with Gasteiger partial charge in [0, 0.05) is 152 Å². The number of fused-ring (bicyclic) bond motifs is 15. The molecule has 18 rings (SSSR count). The Labute approximate surface area is 663 Å². The molecule has 13 aromatic carbocycles. The van der Waals surface area contributed by atoms with Crippen LogP contribution in [0.2, 0.25) is 0 Å². The first kappa shape index (κ1) is 74.7. The minimum atomic E-state index is -1.58. The maximum Gasteiger partial charge on any atom is 0.186 e. The summed E-state index contributed by atoms with van der Waals surface area (Å²) in [5.74, 6) is 8.07. The van der Waals surface area contributed by atoms with Crippen molar-refractivity contribution < 1.29 is 52.7 Å². The fourth-order valence-electron chi connectivity index (χ4n) is 16.6. The van der Waals surface area contributed by atoms with E-state index >= 15 is 35.1 Å². The molecule has 5 heterocycles. The molecule has 18 aromatic rings. The summed E-state index contributed by atoms with van der Waals surface area (Å²) in [6.45, 7) is 5.87. The zero-order chi connectivity index (χ0) is 80.6. The average molecular weight is 1560 g/mol. The topological polar surface area (TPSA) is 24.6 Å². The van der Waals surface area contributed by atoms with Crippen molar-refractivity contribution >= 4 is 109 Å². The molecule has 0 saturated heterocycles. The van der Waals surface area contributed by atoms with Crippen LogP contribution in [0.15, 0.2) is 212 Å². The summed E-state index contributed by atoms with van der Waals surface area (Å²) in [5.41, 5.74) is 8.04. The van der Waals surface area contributed by atoms with E-state index in [4.69, 9.17) is 0 Å². The molecule has 0 atom stereocenters. The summed E-state index contributed by atoms with van der Waals surface area (Å²) in [6.07, 6.45) is 10.7. The molecule has 0 aliphatic heterocycles. The number of aromatic nitrogens is 5. The highest BCUT2D eigenvalue weighted by molar-refractivity contribution is 6.14. The molecule has 5 nitrogen and oxygen atoms in total. The van der Waals surface area contributed by atoms with Gasteiger partial charge >= 0.3 is 0 Å². The van der Waals surface area contributed by atoms with Gasteiger partial charge in [0.2, 0.25) is 0 Å². The second kappa shape index (κ2) is 30.6. The lowest BCUT2D eigenvalue weighted by atomic mass is 10.0. The number of hydrogen-bond acceptors (Lipinski definition) is 0. The van der Waals surface area contributed by atoms with Crippen LogP contribution < -0.4 is 0 Å². The van der Waals surface area contributed by atoms with E-state index in [1.807, 2.05) is 48.5 Å². The van der Waals surface area contributed by atoms with Gasteiger partial charge in [0.05, 0.1) is 33.1 Å². The summed E-state index contributed by atoms with van der Waals surface area (Å²) in [7, 11) is 0. The van der Waals surface area contributed by atoms with Crippen LogP contribution in [0, 0.1) is 117 Å². The maximum atomic E-state index is 16.1. The highest BCUT2D eigenvalue weighted by atomic mass is 19.2. The molecule has 0 aliphatic carbocycles. The average Bonchev–Trinajstić information content (AvgIpc) is 1.62. The monoisotopic (exact) mass is 1560 g/mol. The highest BCUT2D eigenvalue weighted by Gasteiger charge is 2.29. The van der Waals surface area contributed by atoms with E-state index in [0.717, 1.165) is 121 Å². The smallest absolute Gasteiger partial charge is 0.186 e. The molecular formula is C100H65F12N5. The van der Waals surface area contributed by atoms with Gasteiger partial charge in [0.1, 0.15) is 17.1 Å². The maximum absolute atomic E-state index is 16.1. The van der Waals surface area contributed by atoms with Crippen LogP contribution in [0.5, 0.6) is 0 Å². The first-order chi connectivity index (χ1) is 56.9. The lowest BCUT2D eigenvalue weighted by Gasteiger charge is -2.11. The standard InChI is InChI=1S/C100H65F12N5/c1-3-5-7-9-15-45-113-82-37-29-58(21-25-62-33-41-88-68(47-62)66-17-11-13-19-86(66)115(88)98-92(107)76(101)55-77(102)93(98)108)49-70(82)72-51-60(31-39-84(72)113)23-27-64-35-43-90-74(53-64)75-54-65(36-44-91(75)117(90)100-96(111)80(105)57-81(106)97(100)112)28-24-61-32-40-85-73(52-61)71-50-59(30-38-83(71)114(85)46-16-10-8-6-4-2)22-26-63-34-42-89-69(48-63)67-18-12-14-20-87(67)116(89)99-94(109)78(103)56-79(104)95(99)110/h11-14,17-20,29-44,47-57H,3-10,15-16,45-46H2,1-2H3. The summed E-state index contributed by atoms with van der Waals surface area (Å²) in [5, 5.41) is 6.96. The van der Waals surface area contributed by atoms with Crippen molar-refractivity contribution in [2.24, 2.45) is 0 Å². The van der Waals surface area contributed by atoms with Gasteiger partial charge in [-0.2, -0.15) is 0 Å². The zero-order valence-corrected chi connectivity index (χ0v) is 63.0. The number of unbranched alkanes of at least 4 members (excludes halogenated alkanes) is 8. The molecule has 0 fully saturated rings. The van der Waals surface area contributed by atoms with Crippen molar-refractivity contribution in [3.63, 3.8) is 0 Å². The van der Waals surface area contributed by atoms with Gasteiger partial charge in [-0.15, -0.1) is 0 Å². The number of halogens is 12. The van der Waals surface area contributed by atoms with Crippen LogP contribution in [0.1, 0.15) is 123 Å². The molecule has 0 aliphatic rings. The lowest BCUT2D eigenvalue weighted by molar-refractivity contribution is 0.449. The normalized spacial score (nSPS) is 11.6. The first-order valence-corrected chi connectivity index (χ1v) is 38.8. The lowest BCUT2D eigenvalue weighted by Crippen LogP contribution is -2.06. The molecule has 5 aromatic heterocycles. The zero-order valence-electron chi connectivity index (χ0n) is 63.0. The molecule has 0 radical (unpaired) electrons. The molecule has 17 heteroatoms. The van der Waals surface area contributed by atoms with Crippen LogP contribution >= 0.6 is 0 Å². The Kier molecular flexibility index (Phi) is 19.5. The Morgan fingerprint density at radius 3 is 0.641 bits per heavy atom. The summed E-state index contributed by atoms with van der Waals surface area (Å²) >= 11 is 0. The quantitative estimate of drug-likeness (QED) is 0.0423. The predicted octanol–water partition coefficient (Wildman–Crippen LogP) is 26.4. The minimum absolute atomic E-state index is 0.178. The molecule has 0 amide bonds. The van der Waals surface area contributed by atoms with Crippen molar-refractivity contribution in [2.45, 2.75) is 91.1 Å². The van der Waals surface area contributed by atoms with Crippen LogP contribution in [-0.4, -0.2) is 22.8 Å². The largest absolute Gasteiger partial charge is 0.340 e. The summed E-state index contributed by atoms with van der Waals surface area (Å²) < 4.78 is 191. The molecule has 0 spiro atoms. The van der Waals surface area contributed by atoms with Gasteiger partial charge in [-0.1, -0.05) is 149 Å². The first-order valence-electron chi connectivity index (χ1n) is 38.8. The number of benzene rings is 13. The Balaban J connectivity index is 0.693. The van der Waals surface area contributed by atoms with Gasteiger partial charge in [-0.25, -0.2) is 52.7 Å². The molecule has 117 heavy (non-hydrogen) atoms. The Morgan fingerprint density at radius 1 is 0.205 bits per heavy atom. The second-order valence-corrected chi connectivity index (χ2v) is 29.5. The third-order valence-electron chi connectivity index (χ3n) is 22.2. The van der Waals surface area contributed by atoms with Gasteiger partial charge in [-0.3, -0.25) is 0 Å². The summed E-state index contributed by atoms with van der Waals surface area (Å²) in [4.78, 5) is 0. The van der Waals surface area contributed by atoms with E-state index in [2.05, 4.69) is 94.6 Å². The van der Waals surface area contributed by atoms with Gasteiger partial charge in [-0.05, 0) is 171 Å². The highest BCUT2D eigenvalue weighted by Crippen LogP contribution is 2.42. The molecule has 0 bridgehead atoms. The predicted molar refractivity (Wildman–Crippen MR) is 442 cm³/mol. The van der Waals surface area contributed by atoms with Crippen molar-refractivity contribution in [3.8, 4) is 64.4 Å². The van der Waals surface area contributed by atoms with Crippen molar-refractivity contribution in [1.82, 2.24) is 22.8 Å². The number of hydrogen-bond donors (Lipinski definition) is 0. The Hall–Kier alpha value is -13.7. The van der Waals surface area contributed by atoms with Crippen molar-refractivity contribution in [2.75, 3.05) is 0 Å².